The van der Waals surface area contributed by atoms with Crippen LogP contribution in [0.5, 0.6) is 0 Å². The number of carbonyl (C=O) groups excluding carboxylic acids is 1. The molecule has 96 valence electrons. The molecule has 0 heterocycles. The van der Waals surface area contributed by atoms with Crippen LogP contribution in [0, 0.1) is 17.3 Å². The van der Waals surface area contributed by atoms with Crippen molar-refractivity contribution in [3.8, 4) is 0 Å². The number of hydrogen-bond donors (Lipinski definition) is 2. The van der Waals surface area contributed by atoms with Crippen molar-refractivity contribution in [1.29, 1.82) is 0 Å². The first-order valence-electron chi connectivity index (χ1n) is 5.62. The van der Waals surface area contributed by atoms with Gasteiger partial charge in [-0.1, -0.05) is 6.08 Å². The Morgan fingerprint density at radius 3 is 2.71 bits per heavy atom. The van der Waals surface area contributed by atoms with Crippen molar-refractivity contribution in [3.63, 3.8) is 0 Å². The van der Waals surface area contributed by atoms with Crippen molar-refractivity contribution in [3.05, 3.63) is 11.6 Å². The Hall–Kier alpha value is -0.870. The van der Waals surface area contributed by atoms with E-state index in [1.165, 1.54) is 0 Å². The van der Waals surface area contributed by atoms with Crippen molar-refractivity contribution in [2.24, 2.45) is 23.0 Å². The number of carboxylic acids is 1. The molecule has 3 atom stereocenters. The van der Waals surface area contributed by atoms with Crippen LogP contribution in [0.2, 0.25) is 0 Å². The Labute approximate surface area is 107 Å². The number of carboxylic acid groups (broad SMARTS) is 1. The lowest BCUT2D eigenvalue weighted by Crippen LogP contribution is -2.51. The number of carbonyl (C=O) groups is 2. The summed E-state index contributed by atoms with van der Waals surface area (Å²) < 4.78 is 0. The van der Waals surface area contributed by atoms with Gasteiger partial charge in [0.1, 0.15) is 0 Å². The molecule has 0 saturated heterocycles. The Morgan fingerprint density at radius 2 is 2.24 bits per heavy atom. The second kappa shape index (κ2) is 4.78. The lowest BCUT2D eigenvalue weighted by atomic mass is 9.53. The summed E-state index contributed by atoms with van der Waals surface area (Å²) in [5.74, 6) is -0.0430. The average molecular weight is 260 g/mol. The van der Waals surface area contributed by atoms with Gasteiger partial charge < -0.3 is 10.8 Å². The van der Waals surface area contributed by atoms with Gasteiger partial charge >= 0.3 is 5.97 Å². The van der Waals surface area contributed by atoms with Gasteiger partial charge in [-0.3, -0.25) is 9.59 Å². The Morgan fingerprint density at radius 1 is 1.59 bits per heavy atom. The molecule has 0 spiro atoms. The van der Waals surface area contributed by atoms with E-state index in [0.717, 1.165) is 18.4 Å². The molecule has 5 heteroatoms. The van der Waals surface area contributed by atoms with Gasteiger partial charge in [-0.15, -0.1) is 12.4 Å². The number of hydrogen-bond acceptors (Lipinski definition) is 3. The minimum absolute atomic E-state index is 0. The molecule has 1 saturated carbocycles. The normalized spacial score (nSPS) is 34.1. The van der Waals surface area contributed by atoms with Crippen molar-refractivity contribution in [2.45, 2.75) is 26.2 Å². The van der Waals surface area contributed by atoms with Gasteiger partial charge in [0.05, 0.1) is 6.42 Å². The fourth-order valence-corrected chi connectivity index (χ4v) is 3.25. The fraction of sp³-hybridized carbons (Fsp3) is 0.667. The molecule has 0 radical (unpaired) electrons. The summed E-state index contributed by atoms with van der Waals surface area (Å²) in [4.78, 5) is 22.1. The van der Waals surface area contributed by atoms with Crippen LogP contribution in [-0.4, -0.2) is 23.4 Å². The molecule has 0 bridgehead atoms. The average Bonchev–Trinajstić information content (AvgIpc) is 2.53. The molecule has 4 nitrogen and oxygen atoms in total. The van der Waals surface area contributed by atoms with E-state index < -0.39 is 5.97 Å². The predicted octanol–water partition coefficient (Wildman–Crippen LogP) is 1.38. The Balaban J connectivity index is 0.00000144. The molecular weight excluding hydrogens is 242 g/mol. The number of nitrogens with two attached hydrogens (primary N) is 1. The zero-order valence-corrected chi connectivity index (χ0v) is 10.6. The predicted molar refractivity (Wildman–Crippen MR) is 66.0 cm³/mol. The maximum absolute atomic E-state index is 11.3. The zero-order chi connectivity index (χ0) is 11.9. The summed E-state index contributed by atoms with van der Waals surface area (Å²) in [7, 11) is 0. The monoisotopic (exact) mass is 259 g/mol. The molecular formula is C12H18ClNO3. The highest BCUT2D eigenvalue weighted by Crippen LogP contribution is 2.59. The number of aliphatic carboxylic acids is 1. The van der Waals surface area contributed by atoms with Crippen molar-refractivity contribution >= 4 is 24.2 Å². The van der Waals surface area contributed by atoms with Gasteiger partial charge in [0.25, 0.3) is 0 Å². The smallest absolute Gasteiger partial charge is 0.303 e. The first-order valence-corrected chi connectivity index (χ1v) is 5.62. The highest BCUT2D eigenvalue weighted by atomic mass is 35.5. The van der Waals surface area contributed by atoms with Gasteiger partial charge in [-0.25, -0.2) is 0 Å². The van der Waals surface area contributed by atoms with Gasteiger partial charge in [-0.05, 0) is 49.1 Å². The molecule has 2 aliphatic carbocycles. The third kappa shape index (κ3) is 2.24. The lowest BCUT2D eigenvalue weighted by Gasteiger charge is -2.51. The molecule has 3 N–H and O–H groups in total. The van der Waals surface area contributed by atoms with E-state index in [1.807, 2.05) is 6.08 Å². The van der Waals surface area contributed by atoms with E-state index in [4.69, 9.17) is 10.8 Å². The van der Waals surface area contributed by atoms with Crippen LogP contribution in [0.3, 0.4) is 0 Å². The molecule has 0 aromatic heterocycles. The fourth-order valence-electron chi connectivity index (χ4n) is 3.25. The number of fused-ring (bicyclic) bond motifs is 1. The molecule has 2 rings (SSSR count). The molecule has 1 fully saturated rings. The van der Waals surface area contributed by atoms with Gasteiger partial charge in [0.15, 0.2) is 5.78 Å². The summed E-state index contributed by atoms with van der Waals surface area (Å²) in [5, 5.41) is 8.90. The first-order chi connectivity index (χ1) is 7.48. The van der Waals surface area contributed by atoms with Crippen LogP contribution < -0.4 is 5.73 Å². The SMILES string of the molecule is CC(=O)C1=C[C@@H]2[C@H](C1)C[C@]2(CN)CC(=O)O.Cl. The van der Waals surface area contributed by atoms with Gasteiger partial charge in [-0.2, -0.15) is 0 Å². The zero-order valence-electron chi connectivity index (χ0n) is 9.81. The third-order valence-electron chi connectivity index (χ3n) is 4.11. The summed E-state index contributed by atoms with van der Waals surface area (Å²) in [6.07, 6.45) is 3.73. The molecule has 0 aliphatic heterocycles. The van der Waals surface area contributed by atoms with E-state index in [-0.39, 0.29) is 35.9 Å². The van der Waals surface area contributed by atoms with E-state index in [0.29, 0.717) is 12.5 Å². The number of ketones is 1. The first kappa shape index (κ1) is 14.2. The number of Topliss-reactive ketones (excluding diaryl/α,β-unsaturated/α-hetero) is 1. The van der Waals surface area contributed by atoms with Gasteiger partial charge in [0, 0.05) is 0 Å². The minimum atomic E-state index is -0.798. The molecule has 0 aromatic carbocycles. The summed E-state index contributed by atoms with van der Waals surface area (Å²) in [6.45, 7) is 1.96. The van der Waals surface area contributed by atoms with Crippen LogP contribution in [-0.2, 0) is 9.59 Å². The van der Waals surface area contributed by atoms with Crippen molar-refractivity contribution < 1.29 is 14.7 Å². The molecule has 0 unspecified atom stereocenters. The Bertz CT molecular complexity index is 380. The maximum Gasteiger partial charge on any atom is 0.303 e. The molecule has 17 heavy (non-hydrogen) atoms. The Kier molecular flexibility index (Phi) is 3.99. The lowest BCUT2D eigenvalue weighted by molar-refractivity contribution is -0.144. The third-order valence-corrected chi connectivity index (χ3v) is 4.11. The quantitative estimate of drug-likeness (QED) is 0.799. The standard InChI is InChI=1S/C12H17NO3.ClH/c1-7(14)8-2-9-4-12(6-13,5-11(15)16)10(9)3-8;/h3,9-10H,2,4-6,13H2,1H3,(H,15,16);1H/t9-,10-,12-;/m1./s1. The second-order valence-electron chi connectivity index (χ2n) is 5.08. The highest BCUT2D eigenvalue weighted by molar-refractivity contribution is 5.94. The van der Waals surface area contributed by atoms with E-state index in [1.54, 1.807) is 6.92 Å². The highest BCUT2D eigenvalue weighted by Gasteiger charge is 2.55. The van der Waals surface area contributed by atoms with Crippen LogP contribution >= 0.6 is 12.4 Å². The topological polar surface area (TPSA) is 80.4 Å². The minimum Gasteiger partial charge on any atom is -0.481 e. The summed E-state index contributed by atoms with van der Waals surface area (Å²) >= 11 is 0. The number of allylic oxidation sites excluding steroid dienone is 2. The van der Waals surface area contributed by atoms with E-state index in [9.17, 15) is 9.59 Å². The largest absolute Gasteiger partial charge is 0.481 e. The number of halogens is 1. The van der Waals surface area contributed by atoms with Crippen LogP contribution in [0.1, 0.15) is 26.2 Å². The number of rotatable bonds is 4. The van der Waals surface area contributed by atoms with Crippen LogP contribution in [0.4, 0.5) is 0 Å². The van der Waals surface area contributed by atoms with E-state index >= 15 is 0 Å². The molecule has 0 amide bonds. The van der Waals surface area contributed by atoms with Crippen LogP contribution in [0.15, 0.2) is 11.6 Å². The van der Waals surface area contributed by atoms with E-state index in [2.05, 4.69) is 0 Å². The maximum atomic E-state index is 11.3. The van der Waals surface area contributed by atoms with Crippen molar-refractivity contribution in [2.75, 3.05) is 6.54 Å². The van der Waals surface area contributed by atoms with Crippen molar-refractivity contribution in [1.82, 2.24) is 0 Å². The van der Waals surface area contributed by atoms with Gasteiger partial charge in [0.2, 0.25) is 0 Å². The molecule has 2 aliphatic rings. The summed E-state index contributed by atoms with van der Waals surface area (Å²) in [5.41, 5.74) is 6.28. The second-order valence-corrected chi connectivity index (χ2v) is 5.08. The van der Waals surface area contributed by atoms with Crippen LogP contribution in [0.25, 0.3) is 0 Å². The summed E-state index contributed by atoms with van der Waals surface area (Å²) in [6, 6.07) is 0. The molecule has 0 aromatic rings.